The first-order valence-electron chi connectivity index (χ1n) is 7.03. The van der Waals surface area contributed by atoms with Gasteiger partial charge in [-0.1, -0.05) is 45.3 Å². The van der Waals surface area contributed by atoms with E-state index in [1.165, 1.54) is 38.5 Å². The lowest BCUT2D eigenvalue weighted by molar-refractivity contribution is 0.333. The number of rotatable bonds is 4. The predicted octanol–water partition coefficient (Wildman–Crippen LogP) is 4.15. The van der Waals surface area contributed by atoms with Gasteiger partial charge in [0.15, 0.2) is 0 Å². The molecule has 1 aliphatic rings. The average molecular weight is 223 g/mol. The molecule has 0 saturated heterocycles. The molecule has 0 aliphatic heterocycles. The molecular weight excluding hydrogens is 194 g/mol. The van der Waals surface area contributed by atoms with Crippen molar-refractivity contribution in [1.29, 1.82) is 0 Å². The molecule has 0 amide bonds. The second-order valence-electron chi connectivity index (χ2n) is 5.60. The fourth-order valence-corrected chi connectivity index (χ4v) is 2.67. The van der Waals surface area contributed by atoms with Crippen LogP contribution in [0.25, 0.3) is 0 Å². The van der Waals surface area contributed by atoms with Gasteiger partial charge in [-0.25, -0.2) is 0 Å². The van der Waals surface area contributed by atoms with Crippen LogP contribution in [0.5, 0.6) is 0 Å². The summed E-state index contributed by atoms with van der Waals surface area (Å²) in [5, 5.41) is 3.53. The third-order valence-electron chi connectivity index (χ3n) is 4.11. The normalized spacial score (nSPS) is 22.2. The summed E-state index contributed by atoms with van der Waals surface area (Å²) in [4.78, 5) is 0. The van der Waals surface area contributed by atoms with Gasteiger partial charge in [0.2, 0.25) is 0 Å². The summed E-state index contributed by atoms with van der Waals surface area (Å²) in [6, 6.07) is 0.595. The Balaban J connectivity index is 2.68. The van der Waals surface area contributed by atoms with E-state index in [-0.39, 0.29) is 0 Å². The Hall–Kier alpha value is -0.300. The highest BCUT2D eigenvalue weighted by molar-refractivity contribution is 5.13. The van der Waals surface area contributed by atoms with Crippen molar-refractivity contribution in [2.24, 2.45) is 11.8 Å². The second kappa shape index (κ2) is 7.11. The topological polar surface area (TPSA) is 12.0 Å². The van der Waals surface area contributed by atoms with Crippen molar-refractivity contribution >= 4 is 0 Å². The van der Waals surface area contributed by atoms with Crippen molar-refractivity contribution in [3.05, 3.63) is 11.6 Å². The minimum absolute atomic E-state index is 0.595. The van der Waals surface area contributed by atoms with Crippen molar-refractivity contribution in [1.82, 2.24) is 5.32 Å². The van der Waals surface area contributed by atoms with Gasteiger partial charge >= 0.3 is 0 Å². The van der Waals surface area contributed by atoms with E-state index >= 15 is 0 Å². The maximum atomic E-state index is 3.53. The number of hydrogen-bond donors (Lipinski definition) is 1. The van der Waals surface area contributed by atoms with Gasteiger partial charge in [-0.05, 0) is 44.6 Å². The van der Waals surface area contributed by atoms with Gasteiger partial charge in [-0.3, -0.25) is 0 Å². The maximum Gasteiger partial charge on any atom is 0.0304 e. The highest BCUT2D eigenvalue weighted by atomic mass is 14.9. The summed E-state index contributed by atoms with van der Waals surface area (Å²) in [5.41, 5.74) is 1.67. The third-order valence-corrected chi connectivity index (χ3v) is 4.11. The van der Waals surface area contributed by atoms with E-state index in [1.54, 1.807) is 5.57 Å². The molecule has 0 bridgehead atoms. The molecule has 1 aliphatic carbocycles. The predicted molar refractivity (Wildman–Crippen MR) is 72.6 cm³/mol. The van der Waals surface area contributed by atoms with Gasteiger partial charge in [0.1, 0.15) is 0 Å². The molecule has 0 aromatic rings. The van der Waals surface area contributed by atoms with Gasteiger partial charge in [0.25, 0.3) is 0 Å². The fraction of sp³-hybridized carbons (Fsp3) is 0.867. The van der Waals surface area contributed by atoms with E-state index in [0.717, 1.165) is 11.8 Å². The van der Waals surface area contributed by atoms with Gasteiger partial charge < -0.3 is 5.32 Å². The molecule has 2 atom stereocenters. The molecule has 0 aromatic carbocycles. The SMILES string of the molecule is CNC(C1=CCCCCCC1)C(C)C(C)C. The van der Waals surface area contributed by atoms with Crippen LogP contribution >= 0.6 is 0 Å². The van der Waals surface area contributed by atoms with Crippen LogP contribution in [0.2, 0.25) is 0 Å². The van der Waals surface area contributed by atoms with E-state index in [9.17, 15) is 0 Å². The lowest BCUT2D eigenvalue weighted by Crippen LogP contribution is -2.36. The molecule has 0 fully saturated rings. The van der Waals surface area contributed by atoms with E-state index in [1.807, 2.05) is 0 Å². The van der Waals surface area contributed by atoms with Crippen molar-refractivity contribution in [2.45, 2.75) is 65.3 Å². The summed E-state index contributed by atoms with van der Waals surface area (Å²) in [7, 11) is 2.11. The van der Waals surface area contributed by atoms with Crippen molar-refractivity contribution in [3.8, 4) is 0 Å². The van der Waals surface area contributed by atoms with Crippen LogP contribution in [-0.4, -0.2) is 13.1 Å². The minimum Gasteiger partial charge on any atom is -0.313 e. The van der Waals surface area contributed by atoms with Crippen LogP contribution in [0.3, 0.4) is 0 Å². The number of nitrogens with one attached hydrogen (secondary N) is 1. The molecular formula is C15H29N. The molecule has 0 aromatic heterocycles. The number of allylic oxidation sites excluding steroid dienone is 1. The fourth-order valence-electron chi connectivity index (χ4n) is 2.67. The Morgan fingerprint density at radius 2 is 1.75 bits per heavy atom. The molecule has 0 saturated carbocycles. The molecule has 94 valence electrons. The summed E-state index contributed by atoms with van der Waals surface area (Å²) in [6.07, 6.45) is 10.7. The summed E-state index contributed by atoms with van der Waals surface area (Å²) in [5.74, 6) is 1.49. The quantitative estimate of drug-likeness (QED) is 0.706. The monoisotopic (exact) mass is 223 g/mol. The number of likely N-dealkylation sites (N-methyl/N-ethyl adjacent to an activating group) is 1. The van der Waals surface area contributed by atoms with Crippen molar-refractivity contribution in [3.63, 3.8) is 0 Å². The maximum absolute atomic E-state index is 3.53. The molecule has 0 spiro atoms. The van der Waals surface area contributed by atoms with Gasteiger partial charge in [-0.15, -0.1) is 0 Å². The van der Waals surface area contributed by atoms with Crippen LogP contribution in [-0.2, 0) is 0 Å². The Morgan fingerprint density at radius 1 is 1.06 bits per heavy atom. The van der Waals surface area contributed by atoms with Gasteiger partial charge in [0, 0.05) is 6.04 Å². The van der Waals surface area contributed by atoms with Crippen LogP contribution < -0.4 is 5.32 Å². The van der Waals surface area contributed by atoms with Crippen LogP contribution in [0.1, 0.15) is 59.3 Å². The summed E-state index contributed by atoms with van der Waals surface area (Å²) < 4.78 is 0. The average Bonchev–Trinajstić information content (AvgIpc) is 2.21. The third kappa shape index (κ3) is 3.93. The zero-order chi connectivity index (χ0) is 12.0. The Kier molecular flexibility index (Phi) is 6.12. The molecule has 16 heavy (non-hydrogen) atoms. The standard InChI is InChI=1S/C15H29N/c1-12(2)13(3)15(16-4)14-10-8-6-5-7-9-11-14/h10,12-13,15-16H,5-9,11H2,1-4H3. The van der Waals surface area contributed by atoms with Crippen molar-refractivity contribution in [2.75, 3.05) is 7.05 Å². The molecule has 2 unspecified atom stereocenters. The summed E-state index contributed by atoms with van der Waals surface area (Å²) in [6.45, 7) is 7.04. The summed E-state index contributed by atoms with van der Waals surface area (Å²) >= 11 is 0. The van der Waals surface area contributed by atoms with Crippen molar-refractivity contribution < 1.29 is 0 Å². The minimum atomic E-state index is 0.595. The molecule has 1 rings (SSSR count). The van der Waals surface area contributed by atoms with Crippen LogP contribution in [0, 0.1) is 11.8 Å². The first kappa shape index (κ1) is 13.8. The first-order valence-corrected chi connectivity index (χ1v) is 7.03. The zero-order valence-electron chi connectivity index (χ0n) is 11.6. The van der Waals surface area contributed by atoms with E-state index < -0.39 is 0 Å². The van der Waals surface area contributed by atoms with Gasteiger partial charge in [0.05, 0.1) is 0 Å². The highest BCUT2D eigenvalue weighted by Crippen LogP contribution is 2.26. The van der Waals surface area contributed by atoms with E-state index in [4.69, 9.17) is 0 Å². The lowest BCUT2D eigenvalue weighted by atomic mass is 9.83. The highest BCUT2D eigenvalue weighted by Gasteiger charge is 2.22. The Morgan fingerprint density at radius 3 is 2.38 bits per heavy atom. The Labute approximate surface area is 102 Å². The smallest absolute Gasteiger partial charge is 0.0304 e. The molecule has 0 radical (unpaired) electrons. The van der Waals surface area contributed by atoms with Crippen LogP contribution in [0.15, 0.2) is 11.6 Å². The Bertz CT molecular complexity index is 217. The molecule has 0 heterocycles. The largest absolute Gasteiger partial charge is 0.313 e. The van der Waals surface area contributed by atoms with E-state index in [2.05, 4.69) is 39.2 Å². The molecule has 1 nitrogen and oxygen atoms in total. The molecule has 1 N–H and O–H groups in total. The van der Waals surface area contributed by atoms with Crippen LogP contribution in [0.4, 0.5) is 0 Å². The number of hydrogen-bond acceptors (Lipinski definition) is 1. The molecule has 1 heteroatoms. The van der Waals surface area contributed by atoms with Gasteiger partial charge in [-0.2, -0.15) is 0 Å². The van der Waals surface area contributed by atoms with E-state index in [0.29, 0.717) is 6.04 Å². The first-order chi connectivity index (χ1) is 7.66. The second-order valence-corrected chi connectivity index (χ2v) is 5.60. The lowest BCUT2D eigenvalue weighted by Gasteiger charge is -2.30. The zero-order valence-corrected chi connectivity index (χ0v) is 11.6.